The Morgan fingerprint density at radius 2 is 2.10 bits per heavy atom. The van der Waals surface area contributed by atoms with Crippen LogP contribution in [0.1, 0.15) is 19.3 Å². The summed E-state index contributed by atoms with van der Waals surface area (Å²) in [6, 6.07) is 5.77. The molecule has 1 aromatic heterocycles. The summed E-state index contributed by atoms with van der Waals surface area (Å²) in [4.78, 5) is 9.45. The SMILES string of the molecule is CN1C2CCC1CN(c1ccc3scnc3c1N)CC2. The molecular weight excluding hydrogens is 268 g/mol. The van der Waals surface area contributed by atoms with E-state index in [-0.39, 0.29) is 0 Å². The first-order valence-corrected chi connectivity index (χ1v) is 8.20. The molecular formula is C15H20N4S. The normalized spacial score (nSPS) is 27.1. The highest BCUT2D eigenvalue weighted by molar-refractivity contribution is 7.16. The van der Waals surface area contributed by atoms with Crippen LogP contribution in [-0.2, 0) is 0 Å². The zero-order valence-electron chi connectivity index (χ0n) is 11.7. The summed E-state index contributed by atoms with van der Waals surface area (Å²) in [6.07, 6.45) is 3.91. The molecule has 2 atom stereocenters. The van der Waals surface area contributed by atoms with Gasteiger partial charge < -0.3 is 10.6 Å². The molecule has 2 unspecified atom stereocenters. The van der Waals surface area contributed by atoms with Crippen molar-refractivity contribution >= 4 is 32.9 Å². The first kappa shape index (κ1) is 12.4. The van der Waals surface area contributed by atoms with E-state index in [1.54, 1.807) is 11.3 Å². The van der Waals surface area contributed by atoms with Gasteiger partial charge in [0.15, 0.2) is 0 Å². The van der Waals surface area contributed by atoms with Crippen LogP contribution in [0.3, 0.4) is 0 Å². The molecule has 0 spiro atoms. The van der Waals surface area contributed by atoms with Gasteiger partial charge >= 0.3 is 0 Å². The van der Waals surface area contributed by atoms with Crippen LogP contribution >= 0.6 is 11.3 Å². The zero-order valence-corrected chi connectivity index (χ0v) is 12.6. The number of thiazole rings is 1. The molecule has 2 aromatic rings. The molecule has 1 aromatic carbocycles. The van der Waals surface area contributed by atoms with Gasteiger partial charge in [0.25, 0.3) is 0 Å². The van der Waals surface area contributed by atoms with E-state index in [2.05, 4.69) is 34.0 Å². The van der Waals surface area contributed by atoms with Crippen molar-refractivity contribution in [3.05, 3.63) is 17.6 Å². The van der Waals surface area contributed by atoms with Gasteiger partial charge in [-0.25, -0.2) is 4.98 Å². The summed E-state index contributed by atoms with van der Waals surface area (Å²) in [7, 11) is 2.28. The van der Waals surface area contributed by atoms with E-state index < -0.39 is 0 Å². The number of hydrogen-bond acceptors (Lipinski definition) is 5. The minimum Gasteiger partial charge on any atom is -0.395 e. The maximum absolute atomic E-state index is 6.37. The molecule has 2 fully saturated rings. The number of rotatable bonds is 1. The molecule has 2 bridgehead atoms. The van der Waals surface area contributed by atoms with Crippen LogP contribution in [0.4, 0.5) is 11.4 Å². The second kappa shape index (κ2) is 4.60. The summed E-state index contributed by atoms with van der Waals surface area (Å²) in [5, 5.41) is 0. The van der Waals surface area contributed by atoms with Crippen LogP contribution in [0.2, 0.25) is 0 Å². The Morgan fingerprint density at radius 1 is 1.25 bits per heavy atom. The minimum absolute atomic E-state index is 0.674. The summed E-state index contributed by atoms with van der Waals surface area (Å²) in [5.41, 5.74) is 11.2. The fourth-order valence-electron chi connectivity index (χ4n) is 3.74. The summed E-state index contributed by atoms with van der Waals surface area (Å²) < 4.78 is 1.18. The van der Waals surface area contributed by atoms with Gasteiger partial charge in [0.1, 0.15) is 5.52 Å². The van der Waals surface area contributed by atoms with Crippen molar-refractivity contribution in [3.8, 4) is 0 Å². The number of nitrogens with zero attached hydrogens (tertiary/aromatic N) is 3. The lowest BCUT2D eigenvalue weighted by Gasteiger charge is -2.28. The molecule has 3 heterocycles. The van der Waals surface area contributed by atoms with Crippen molar-refractivity contribution in [2.45, 2.75) is 31.3 Å². The van der Waals surface area contributed by atoms with Gasteiger partial charge in [-0.2, -0.15) is 0 Å². The van der Waals surface area contributed by atoms with Crippen LogP contribution in [0.5, 0.6) is 0 Å². The van der Waals surface area contributed by atoms with E-state index in [4.69, 9.17) is 5.73 Å². The third kappa shape index (κ3) is 1.80. The smallest absolute Gasteiger partial charge is 0.106 e. The standard InChI is InChI=1S/C15H20N4S/c1-18-10-2-3-11(18)8-19(7-6-10)12-4-5-13-15(14(12)16)17-9-20-13/h4-5,9-11H,2-3,6-8,16H2,1H3. The molecule has 2 aliphatic rings. The molecule has 5 heteroatoms. The molecule has 2 saturated heterocycles. The average Bonchev–Trinajstić information content (AvgIpc) is 2.98. The number of fused-ring (bicyclic) bond motifs is 3. The topological polar surface area (TPSA) is 45.4 Å². The van der Waals surface area contributed by atoms with Crippen molar-refractivity contribution in [1.29, 1.82) is 0 Å². The van der Waals surface area contributed by atoms with E-state index in [1.165, 1.54) is 29.6 Å². The van der Waals surface area contributed by atoms with Crippen molar-refractivity contribution in [1.82, 2.24) is 9.88 Å². The first-order chi connectivity index (χ1) is 9.74. The van der Waals surface area contributed by atoms with Gasteiger partial charge in [0, 0.05) is 25.2 Å². The molecule has 4 rings (SSSR count). The first-order valence-electron chi connectivity index (χ1n) is 7.32. The zero-order chi connectivity index (χ0) is 13.7. The Labute approximate surface area is 123 Å². The number of anilines is 2. The number of benzene rings is 1. The average molecular weight is 288 g/mol. The predicted octanol–water partition coefficient (Wildman–Crippen LogP) is 2.55. The molecule has 20 heavy (non-hydrogen) atoms. The molecule has 2 aliphatic heterocycles. The second-order valence-electron chi connectivity index (χ2n) is 5.98. The van der Waals surface area contributed by atoms with Crippen molar-refractivity contribution in [2.24, 2.45) is 0 Å². The predicted molar refractivity (Wildman–Crippen MR) is 85.4 cm³/mol. The minimum atomic E-state index is 0.674. The van der Waals surface area contributed by atoms with Crippen LogP contribution in [0, 0.1) is 0 Å². The Balaban J connectivity index is 1.70. The third-order valence-corrected chi connectivity index (χ3v) is 5.80. The summed E-state index contributed by atoms with van der Waals surface area (Å²) in [5.74, 6) is 0. The van der Waals surface area contributed by atoms with E-state index in [0.717, 1.165) is 30.3 Å². The monoisotopic (exact) mass is 288 g/mol. The highest BCUT2D eigenvalue weighted by Crippen LogP contribution is 2.36. The van der Waals surface area contributed by atoms with Crippen molar-refractivity contribution in [3.63, 3.8) is 0 Å². The number of likely N-dealkylation sites (N-methyl/N-ethyl adjacent to an activating group) is 1. The highest BCUT2D eigenvalue weighted by Gasteiger charge is 2.35. The van der Waals surface area contributed by atoms with Crippen LogP contribution in [0.25, 0.3) is 10.2 Å². The Bertz CT molecular complexity index is 638. The van der Waals surface area contributed by atoms with E-state index in [9.17, 15) is 0 Å². The van der Waals surface area contributed by atoms with Gasteiger partial charge in [-0.15, -0.1) is 11.3 Å². The number of nitrogen functional groups attached to an aromatic ring is 1. The Morgan fingerprint density at radius 3 is 3.00 bits per heavy atom. The molecule has 4 nitrogen and oxygen atoms in total. The second-order valence-corrected chi connectivity index (χ2v) is 6.87. The highest BCUT2D eigenvalue weighted by atomic mass is 32.1. The fraction of sp³-hybridized carbons (Fsp3) is 0.533. The van der Waals surface area contributed by atoms with Gasteiger partial charge in [0.2, 0.25) is 0 Å². The molecule has 0 amide bonds. The van der Waals surface area contributed by atoms with Gasteiger partial charge in [0.05, 0.1) is 21.6 Å². The number of aromatic nitrogens is 1. The molecule has 0 radical (unpaired) electrons. The molecule has 0 aliphatic carbocycles. The van der Waals surface area contributed by atoms with Crippen molar-refractivity contribution in [2.75, 3.05) is 30.8 Å². The summed E-state index contributed by atoms with van der Waals surface area (Å²) in [6.45, 7) is 2.19. The Kier molecular flexibility index (Phi) is 2.86. The summed E-state index contributed by atoms with van der Waals surface area (Å²) >= 11 is 1.66. The maximum Gasteiger partial charge on any atom is 0.106 e. The van der Waals surface area contributed by atoms with Crippen molar-refractivity contribution < 1.29 is 0 Å². The lowest BCUT2D eigenvalue weighted by molar-refractivity contribution is 0.254. The number of nitrogens with two attached hydrogens (primary N) is 1. The van der Waals surface area contributed by atoms with Crippen LogP contribution < -0.4 is 10.6 Å². The Hall–Kier alpha value is -1.33. The maximum atomic E-state index is 6.37. The van der Waals surface area contributed by atoms with Gasteiger partial charge in [-0.3, -0.25) is 4.90 Å². The van der Waals surface area contributed by atoms with E-state index >= 15 is 0 Å². The third-order valence-electron chi connectivity index (χ3n) is 5.01. The quantitative estimate of drug-likeness (QED) is 0.819. The van der Waals surface area contributed by atoms with Gasteiger partial charge in [-0.1, -0.05) is 0 Å². The van der Waals surface area contributed by atoms with Gasteiger partial charge in [-0.05, 0) is 38.4 Å². The largest absolute Gasteiger partial charge is 0.395 e. The fourth-order valence-corrected chi connectivity index (χ4v) is 4.44. The lowest BCUT2D eigenvalue weighted by Crippen LogP contribution is -2.36. The number of hydrogen-bond donors (Lipinski definition) is 1. The van der Waals surface area contributed by atoms with Crippen LogP contribution in [-0.4, -0.2) is 42.1 Å². The van der Waals surface area contributed by atoms with Crippen LogP contribution in [0.15, 0.2) is 17.6 Å². The lowest BCUT2D eigenvalue weighted by atomic mass is 10.1. The molecule has 2 N–H and O–H groups in total. The molecule has 0 saturated carbocycles. The van der Waals surface area contributed by atoms with E-state index in [1.807, 2.05) is 5.51 Å². The van der Waals surface area contributed by atoms with E-state index in [0.29, 0.717) is 6.04 Å². The molecule has 106 valence electrons.